The van der Waals surface area contributed by atoms with Gasteiger partial charge in [-0.1, -0.05) is 152 Å². The lowest BCUT2D eigenvalue weighted by molar-refractivity contribution is 1.19. The Morgan fingerprint density at radius 2 is 0.759 bits per heavy atom. The van der Waals surface area contributed by atoms with Gasteiger partial charge in [-0.25, -0.2) is 15.0 Å². The molecule has 0 aliphatic heterocycles. The number of aromatic nitrogens is 3. The number of nitrogens with zero attached hydrogens (tertiary/aromatic N) is 3. The molecular weight excluding hydrogens is 655 g/mol. The van der Waals surface area contributed by atoms with E-state index in [2.05, 4.69) is 188 Å². The standard InChI is InChI=1S/C51H31N3/c1-4-12-36-27-39(21-17-32(36)9-1)47-31-48(40-22-18-33-10-2-5-13-37(33)28-40)54-51(53-47)42-24-20-35-25-26-44-49(45(35)30-42)43-15-7-8-16-46(43)52-50(44)41-23-19-34-11-3-6-14-38(34)29-41/h1-31H. The van der Waals surface area contributed by atoms with Gasteiger partial charge in [0.05, 0.1) is 22.6 Å². The van der Waals surface area contributed by atoms with Crippen LogP contribution in [0.3, 0.4) is 0 Å². The fourth-order valence-corrected chi connectivity index (χ4v) is 8.04. The maximum Gasteiger partial charge on any atom is 0.160 e. The van der Waals surface area contributed by atoms with Crippen molar-refractivity contribution in [1.82, 2.24) is 15.0 Å². The minimum atomic E-state index is 0.691. The number of fused-ring (bicyclic) bond motifs is 8. The third kappa shape index (κ3) is 5.09. The van der Waals surface area contributed by atoms with Gasteiger partial charge in [-0.2, -0.15) is 0 Å². The van der Waals surface area contributed by atoms with Crippen molar-refractivity contribution >= 4 is 64.8 Å². The Morgan fingerprint density at radius 1 is 0.278 bits per heavy atom. The Hall–Kier alpha value is -7.23. The number of pyridine rings is 1. The second-order valence-corrected chi connectivity index (χ2v) is 14.0. The molecule has 54 heavy (non-hydrogen) atoms. The third-order valence-corrected chi connectivity index (χ3v) is 10.8. The van der Waals surface area contributed by atoms with E-state index in [1.54, 1.807) is 0 Å². The number of hydrogen-bond donors (Lipinski definition) is 0. The zero-order valence-electron chi connectivity index (χ0n) is 29.2. The van der Waals surface area contributed by atoms with Gasteiger partial charge in [-0.05, 0) is 79.5 Å². The molecule has 11 rings (SSSR count). The van der Waals surface area contributed by atoms with Crippen LogP contribution in [0, 0.1) is 0 Å². The molecule has 250 valence electrons. The van der Waals surface area contributed by atoms with Gasteiger partial charge in [0.1, 0.15) is 0 Å². The van der Waals surface area contributed by atoms with E-state index in [0.29, 0.717) is 5.82 Å². The predicted molar refractivity (Wildman–Crippen MR) is 227 cm³/mol. The fraction of sp³-hybridized carbons (Fsp3) is 0. The average Bonchev–Trinajstić information content (AvgIpc) is 3.25. The molecule has 3 nitrogen and oxygen atoms in total. The van der Waals surface area contributed by atoms with Crippen LogP contribution in [0.2, 0.25) is 0 Å². The van der Waals surface area contributed by atoms with Gasteiger partial charge >= 0.3 is 0 Å². The van der Waals surface area contributed by atoms with E-state index < -0.39 is 0 Å². The zero-order valence-corrected chi connectivity index (χ0v) is 29.2. The van der Waals surface area contributed by atoms with Gasteiger partial charge in [0, 0.05) is 38.4 Å². The minimum absolute atomic E-state index is 0.691. The second-order valence-electron chi connectivity index (χ2n) is 14.0. The van der Waals surface area contributed by atoms with Crippen molar-refractivity contribution in [2.45, 2.75) is 0 Å². The van der Waals surface area contributed by atoms with E-state index >= 15 is 0 Å². The highest BCUT2D eigenvalue weighted by molar-refractivity contribution is 6.23. The molecule has 0 saturated carbocycles. The summed E-state index contributed by atoms with van der Waals surface area (Å²) in [6.45, 7) is 0. The minimum Gasteiger partial charge on any atom is -0.247 e. The molecule has 3 heteroatoms. The van der Waals surface area contributed by atoms with Crippen molar-refractivity contribution < 1.29 is 0 Å². The molecule has 0 unspecified atom stereocenters. The predicted octanol–water partition coefficient (Wildman–Crippen LogP) is 13.5. The van der Waals surface area contributed by atoms with Crippen molar-refractivity contribution in [3.8, 4) is 45.2 Å². The van der Waals surface area contributed by atoms with Crippen LogP contribution in [0.1, 0.15) is 0 Å². The van der Waals surface area contributed by atoms with E-state index in [4.69, 9.17) is 15.0 Å². The van der Waals surface area contributed by atoms with Crippen LogP contribution in [-0.2, 0) is 0 Å². The first-order valence-electron chi connectivity index (χ1n) is 18.3. The van der Waals surface area contributed by atoms with Crippen LogP contribution < -0.4 is 0 Å². The van der Waals surface area contributed by atoms with Gasteiger partial charge in [0.25, 0.3) is 0 Å². The van der Waals surface area contributed by atoms with Crippen molar-refractivity contribution in [3.05, 3.63) is 188 Å². The van der Waals surface area contributed by atoms with Crippen LogP contribution in [0.4, 0.5) is 0 Å². The first-order chi connectivity index (χ1) is 26.7. The summed E-state index contributed by atoms with van der Waals surface area (Å²) >= 11 is 0. The molecule has 0 N–H and O–H groups in total. The molecule has 0 radical (unpaired) electrons. The Bertz CT molecular complexity index is 3190. The van der Waals surface area contributed by atoms with E-state index in [9.17, 15) is 0 Å². The summed E-state index contributed by atoms with van der Waals surface area (Å²) in [4.78, 5) is 15.9. The van der Waals surface area contributed by atoms with E-state index in [1.165, 1.54) is 37.7 Å². The molecule has 0 atom stereocenters. The molecule has 9 aromatic carbocycles. The van der Waals surface area contributed by atoms with Crippen molar-refractivity contribution in [2.24, 2.45) is 0 Å². The smallest absolute Gasteiger partial charge is 0.160 e. The van der Waals surface area contributed by atoms with Crippen molar-refractivity contribution in [1.29, 1.82) is 0 Å². The highest BCUT2D eigenvalue weighted by atomic mass is 14.9. The highest BCUT2D eigenvalue weighted by Gasteiger charge is 2.16. The maximum atomic E-state index is 5.29. The monoisotopic (exact) mass is 685 g/mol. The van der Waals surface area contributed by atoms with Gasteiger partial charge in [-0.3, -0.25) is 0 Å². The Kier molecular flexibility index (Phi) is 6.86. The number of para-hydroxylation sites is 1. The summed E-state index contributed by atoms with van der Waals surface area (Å²) < 4.78 is 0. The largest absolute Gasteiger partial charge is 0.247 e. The number of benzene rings is 9. The summed E-state index contributed by atoms with van der Waals surface area (Å²) in [5.74, 6) is 0.691. The topological polar surface area (TPSA) is 38.7 Å². The Balaban J connectivity index is 1.15. The number of hydrogen-bond acceptors (Lipinski definition) is 3. The summed E-state index contributed by atoms with van der Waals surface area (Å²) in [5, 5.41) is 12.9. The summed E-state index contributed by atoms with van der Waals surface area (Å²) in [7, 11) is 0. The van der Waals surface area contributed by atoms with E-state index in [-0.39, 0.29) is 0 Å². The molecule has 0 amide bonds. The molecule has 0 aliphatic carbocycles. The third-order valence-electron chi connectivity index (χ3n) is 10.8. The molecule has 0 spiro atoms. The molecule has 0 aliphatic rings. The fourth-order valence-electron chi connectivity index (χ4n) is 8.04. The molecule has 2 heterocycles. The molecule has 0 bridgehead atoms. The van der Waals surface area contributed by atoms with Gasteiger partial charge in [0.15, 0.2) is 5.82 Å². The zero-order chi connectivity index (χ0) is 35.6. The van der Waals surface area contributed by atoms with Crippen molar-refractivity contribution in [3.63, 3.8) is 0 Å². The first-order valence-corrected chi connectivity index (χ1v) is 18.3. The molecule has 2 aromatic heterocycles. The maximum absolute atomic E-state index is 5.29. The van der Waals surface area contributed by atoms with Crippen LogP contribution in [0.5, 0.6) is 0 Å². The van der Waals surface area contributed by atoms with Crippen LogP contribution >= 0.6 is 0 Å². The molecule has 0 fully saturated rings. The summed E-state index contributed by atoms with van der Waals surface area (Å²) in [6, 6.07) is 66.9. The van der Waals surface area contributed by atoms with E-state index in [1.807, 2.05) is 0 Å². The lowest BCUT2D eigenvalue weighted by Gasteiger charge is -2.14. The van der Waals surface area contributed by atoms with Gasteiger partial charge in [-0.15, -0.1) is 0 Å². The summed E-state index contributed by atoms with van der Waals surface area (Å²) in [6.07, 6.45) is 0. The van der Waals surface area contributed by atoms with Crippen molar-refractivity contribution in [2.75, 3.05) is 0 Å². The average molecular weight is 686 g/mol. The van der Waals surface area contributed by atoms with Crippen LogP contribution in [0.15, 0.2) is 188 Å². The lowest BCUT2D eigenvalue weighted by atomic mass is 9.93. The van der Waals surface area contributed by atoms with Crippen LogP contribution in [-0.4, -0.2) is 15.0 Å². The highest BCUT2D eigenvalue weighted by Crippen LogP contribution is 2.39. The van der Waals surface area contributed by atoms with Crippen LogP contribution in [0.25, 0.3) is 110 Å². The lowest BCUT2D eigenvalue weighted by Crippen LogP contribution is -1.96. The second kappa shape index (κ2) is 12.2. The summed E-state index contributed by atoms with van der Waals surface area (Å²) in [5.41, 5.74) is 7.92. The number of rotatable bonds is 4. The quantitative estimate of drug-likeness (QED) is 0.173. The van der Waals surface area contributed by atoms with E-state index in [0.717, 1.165) is 66.4 Å². The normalized spacial score (nSPS) is 11.7. The Morgan fingerprint density at radius 3 is 1.39 bits per heavy atom. The van der Waals surface area contributed by atoms with Gasteiger partial charge in [0.2, 0.25) is 0 Å². The first kappa shape index (κ1) is 30.4. The molecule has 11 aromatic rings. The van der Waals surface area contributed by atoms with Gasteiger partial charge < -0.3 is 0 Å². The molecule has 0 saturated heterocycles. The SMILES string of the molecule is c1ccc2cc(-c3cc(-c4ccc5ccccc5c4)nc(-c4ccc5ccc6c(-c7ccc8ccccc8c7)nc7ccccc7c6c5c4)n3)ccc2c1. The Labute approximate surface area is 311 Å². The molecular formula is C51H31N3.